The number of nitrogens with zero attached hydrogens (tertiary/aromatic N) is 2. The molecule has 0 saturated carbocycles. The monoisotopic (exact) mass is 323 g/mol. The highest BCUT2D eigenvalue weighted by molar-refractivity contribution is 6.00. The van der Waals surface area contributed by atoms with E-state index in [1.165, 1.54) is 16.8 Å². The predicted molar refractivity (Wildman–Crippen MR) is 97.6 cm³/mol. The highest BCUT2D eigenvalue weighted by Crippen LogP contribution is 2.24. The molecule has 1 aliphatic rings. The van der Waals surface area contributed by atoms with Crippen molar-refractivity contribution < 1.29 is 4.79 Å². The molecule has 24 heavy (non-hydrogen) atoms. The van der Waals surface area contributed by atoms with E-state index < -0.39 is 0 Å². The molecule has 0 radical (unpaired) electrons. The van der Waals surface area contributed by atoms with Gasteiger partial charge in [-0.05, 0) is 74.7 Å². The number of hydrogen-bond donors (Lipinski definition) is 1. The molecule has 1 aromatic heterocycles. The molecule has 0 bridgehead atoms. The van der Waals surface area contributed by atoms with Crippen LogP contribution in [0.1, 0.15) is 34.8 Å². The third kappa shape index (κ3) is 3.82. The Kier molecular flexibility index (Phi) is 5.26. The molecule has 1 unspecified atom stereocenters. The van der Waals surface area contributed by atoms with Crippen LogP contribution in [0.2, 0.25) is 0 Å². The maximum Gasteiger partial charge on any atom is 0.179 e. The number of aromatic nitrogens is 1. The standard InChI is InChI=1S/C20H25N3O/c1-15(23(2)13-9-16-7-11-21-12-8-16)20(24)18-5-6-19-17(14-18)4-3-10-22-19/h5-8,11-12,14-15,22H,3-4,9-10,13H2,1-2H3. The van der Waals surface area contributed by atoms with Crippen molar-refractivity contribution >= 4 is 11.5 Å². The van der Waals surface area contributed by atoms with Crippen molar-refractivity contribution in [3.8, 4) is 0 Å². The largest absolute Gasteiger partial charge is 0.385 e. The summed E-state index contributed by atoms with van der Waals surface area (Å²) in [6.07, 6.45) is 6.72. The first-order chi connectivity index (χ1) is 11.6. The maximum atomic E-state index is 12.8. The third-order valence-electron chi connectivity index (χ3n) is 4.87. The van der Waals surface area contributed by atoms with Gasteiger partial charge >= 0.3 is 0 Å². The lowest BCUT2D eigenvalue weighted by Crippen LogP contribution is -2.37. The van der Waals surface area contributed by atoms with Gasteiger partial charge in [0, 0.05) is 36.7 Å². The van der Waals surface area contributed by atoms with Gasteiger partial charge in [-0.25, -0.2) is 0 Å². The molecule has 1 atom stereocenters. The zero-order chi connectivity index (χ0) is 16.9. The summed E-state index contributed by atoms with van der Waals surface area (Å²) in [7, 11) is 2.02. The molecule has 3 rings (SSSR count). The van der Waals surface area contributed by atoms with Gasteiger partial charge in [-0.1, -0.05) is 0 Å². The van der Waals surface area contributed by atoms with E-state index in [4.69, 9.17) is 0 Å². The van der Waals surface area contributed by atoms with Crippen LogP contribution in [-0.4, -0.2) is 41.8 Å². The number of ketones is 1. The second kappa shape index (κ2) is 7.58. The van der Waals surface area contributed by atoms with Gasteiger partial charge < -0.3 is 5.32 Å². The second-order valence-corrected chi connectivity index (χ2v) is 6.53. The van der Waals surface area contributed by atoms with E-state index in [2.05, 4.69) is 21.3 Å². The van der Waals surface area contributed by atoms with Crippen LogP contribution < -0.4 is 5.32 Å². The van der Waals surface area contributed by atoms with Crippen LogP contribution >= 0.6 is 0 Å². The number of nitrogens with one attached hydrogen (secondary N) is 1. The van der Waals surface area contributed by atoms with E-state index >= 15 is 0 Å². The van der Waals surface area contributed by atoms with Gasteiger partial charge in [0.15, 0.2) is 5.78 Å². The van der Waals surface area contributed by atoms with Crippen molar-refractivity contribution in [3.05, 3.63) is 59.4 Å². The average Bonchev–Trinajstić information content (AvgIpc) is 2.65. The highest BCUT2D eigenvalue weighted by Gasteiger charge is 2.21. The van der Waals surface area contributed by atoms with E-state index in [0.717, 1.165) is 37.9 Å². The number of likely N-dealkylation sites (N-methyl/N-ethyl adjacent to an activating group) is 1. The molecule has 1 N–H and O–H groups in total. The molecule has 0 fully saturated rings. The number of anilines is 1. The summed E-state index contributed by atoms with van der Waals surface area (Å²) >= 11 is 0. The molecule has 126 valence electrons. The lowest BCUT2D eigenvalue weighted by Gasteiger charge is -2.24. The Morgan fingerprint density at radius 2 is 2.08 bits per heavy atom. The Hall–Kier alpha value is -2.20. The van der Waals surface area contributed by atoms with Gasteiger partial charge in [0.25, 0.3) is 0 Å². The molecular formula is C20H25N3O. The summed E-state index contributed by atoms with van der Waals surface area (Å²) in [5.74, 6) is 0.195. The first kappa shape index (κ1) is 16.7. The number of fused-ring (bicyclic) bond motifs is 1. The quantitative estimate of drug-likeness (QED) is 0.829. The first-order valence-corrected chi connectivity index (χ1v) is 8.65. The lowest BCUT2D eigenvalue weighted by atomic mass is 9.97. The van der Waals surface area contributed by atoms with Crippen molar-refractivity contribution in [2.45, 2.75) is 32.2 Å². The lowest BCUT2D eigenvalue weighted by molar-refractivity contribution is 0.0869. The number of rotatable bonds is 6. The van der Waals surface area contributed by atoms with Crippen LogP contribution in [0.3, 0.4) is 0 Å². The average molecular weight is 323 g/mol. The summed E-state index contributed by atoms with van der Waals surface area (Å²) in [6.45, 7) is 3.87. The molecule has 0 saturated heterocycles. The van der Waals surface area contributed by atoms with Gasteiger partial charge in [-0.15, -0.1) is 0 Å². The fourth-order valence-corrected chi connectivity index (χ4v) is 3.12. The number of carbonyl (C=O) groups is 1. The highest BCUT2D eigenvalue weighted by atomic mass is 16.1. The van der Waals surface area contributed by atoms with E-state index in [0.29, 0.717) is 0 Å². The van der Waals surface area contributed by atoms with E-state index in [1.807, 2.05) is 50.6 Å². The molecular weight excluding hydrogens is 298 g/mol. The summed E-state index contributed by atoms with van der Waals surface area (Å²) in [5.41, 5.74) is 4.51. The number of carbonyl (C=O) groups excluding carboxylic acids is 1. The molecule has 1 aromatic carbocycles. The molecule has 0 amide bonds. The van der Waals surface area contributed by atoms with Crippen molar-refractivity contribution in [2.24, 2.45) is 0 Å². The molecule has 2 heterocycles. The minimum atomic E-state index is -0.124. The number of hydrogen-bond acceptors (Lipinski definition) is 4. The van der Waals surface area contributed by atoms with Gasteiger partial charge in [-0.3, -0.25) is 14.7 Å². The molecule has 4 nitrogen and oxygen atoms in total. The predicted octanol–water partition coefficient (Wildman–Crippen LogP) is 3.19. The Labute approximate surface area is 143 Å². The summed E-state index contributed by atoms with van der Waals surface area (Å²) < 4.78 is 0. The van der Waals surface area contributed by atoms with E-state index in [9.17, 15) is 4.79 Å². The Morgan fingerprint density at radius 1 is 1.29 bits per heavy atom. The van der Waals surface area contributed by atoms with Crippen LogP contribution in [-0.2, 0) is 12.8 Å². The maximum absolute atomic E-state index is 12.8. The van der Waals surface area contributed by atoms with Gasteiger partial charge in [-0.2, -0.15) is 0 Å². The molecule has 1 aliphatic heterocycles. The fraction of sp³-hybridized carbons (Fsp3) is 0.400. The van der Waals surface area contributed by atoms with E-state index in [1.54, 1.807) is 0 Å². The summed E-state index contributed by atoms with van der Waals surface area (Å²) in [4.78, 5) is 19.0. The smallest absolute Gasteiger partial charge is 0.179 e. The van der Waals surface area contributed by atoms with Crippen molar-refractivity contribution in [1.29, 1.82) is 0 Å². The van der Waals surface area contributed by atoms with Crippen molar-refractivity contribution in [3.63, 3.8) is 0 Å². The molecule has 0 aliphatic carbocycles. The zero-order valence-electron chi connectivity index (χ0n) is 14.5. The normalized spacial score (nSPS) is 14.8. The Balaban J connectivity index is 1.63. The second-order valence-electron chi connectivity index (χ2n) is 6.53. The number of Topliss-reactive ketones (excluding diaryl/α,β-unsaturated/α-hetero) is 1. The van der Waals surface area contributed by atoms with Crippen LogP contribution in [0.5, 0.6) is 0 Å². The number of aryl methyl sites for hydroxylation is 1. The minimum Gasteiger partial charge on any atom is -0.385 e. The van der Waals surface area contributed by atoms with Gasteiger partial charge in [0.2, 0.25) is 0 Å². The van der Waals surface area contributed by atoms with Crippen LogP contribution in [0.4, 0.5) is 5.69 Å². The first-order valence-electron chi connectivity index (χ1n) is 8.65. The number of benzene rings is 1. The topological polar surface area (TPSA) is 45.2 Å². The third-order valence-corrected chi connectivity index (χ3v) is 4.87. The molecule has 0 spiro atoms. The fourth-order valence-electron chi connectivity index (χ4n) is 3.12. The zero-order valence-corrected chi connectivity index (χ0v) is 14.5. The summed E-state index contributed by atoms with van der Waals surface area (Å²) in [6, 6.07) is 9.99. The van der Waals surface area contributed by atoms with Crippen LogP contribution in [0.15, 0.2) is 42.7 Å². The van der Waals surface area contributed by atoms with Crippen molar-refractivity contribution in [1.82, 2.24) is 9.88 Å². The Morgan fingerprint density at radius 3 is 2.88 bits per heavy atom. The molecule has 2 aromatic rings. The number of pyridine rings is 1. The Bertz CT molecular complexity index is 699. The van der Waals surface area contributed by atoms with E-state index in [-0.39, 0.29) is 11.8 Å². The molecule has 4 heteroatoms. The van der Waals surface area contributed by atoms with Gasteiger partial charge in [0.05, 0.1) is 6.04 Å². The van der Waals surface area contributed by atoms with Crippen molar-refractivity contribution in [2.75, 3.05) is 25.5 Å². The van der Waals surface area contributed by atoms with Gasteiger partial charge in [0.1, 0.15) is 0 Å². The SMILES string of the molecule is CC(C(=O)c1ccc2c(c1)CCCN2)N(C)CCc1ccncc1. The van der Waals surface area contributed by atoms with Crippen LogP contribution in [0, 0.1) is 0 Å². The van der Waals surface area contributed by atoms with Crippen LogP contribution in [0.25, 0.3) is 0 Å². The summed E-state index contributed by atoms with van der Waals surface area (Å²) in [5, 5.41) is 3.39. The minimum absolute atomic E-state index is 0.124.